The third kappa shape index (κ3) is 4.33. The molecule has 28 heavy (non-hydrogen) atoms. The number of carbonyl (C=O) groups is 2. The first-order valence-corrected chi connectivity index (χ1v) is 8.75. The maximum atomic E-state index is 13.6. The highest BCUT2D eigenvalue weighted by Gasteiger charge is 2.23. The Morgan fingerprint density at radius 2 is 1.75 bits per heavy atom. The van der Waals surface area contributed by atoms with Crippen LogP contribution in [0.2, 0.25) is 0 Å². The number of piperazine rings is 1. The maximum Gasteiger partial charge on any atom is 0.409 e. The molecule has 0 bridgehead atoms. The number of nitrogens with one attached hydrogen (secondary N) is 1. The van der Waals surface area contributed by atoms with E-state index in [4.69, 9.17) is 4.74 Å². The topological polar surface area (TPSA) is 87.7 Å². The number of para-hydroxylation sites is 1. The van der Waals surface area contributed by atoms with Gasteiger partial charge >= 0.3 is 6.09 Å². The molecule has 8 nitrogen and oxygen atoms in total. The lowest BCUT2D eigenvalue weighted by atomic mass is 10.2. The summed E-state index contributed by atoms with van der Waals surface area (Å²) >= 11 is 0. The fourth-order valence-corrected chi connectivity index (χ4v) is 2.74. The lowest BCUT2D eigenvalue weighted by molar-refractivity contribution is 0.101. The summed E-state index contributed by atoms with van der Waals surface area (Å²) in [7, 11) is 0. The normalized spacial score (nSPS) is 14.0. The van der Waals surface area contributed by atoms with Gasteiger partial charge in [0.15, 0.2) is 11.5 Å². The van der Waals surface area contributed by atoms with Crippen molar-refractivity contribution in [3.05, 3.63) is 47.7 Å². The average molecular weight is 391 g/mol. The van der Waals surface area contributed by atoms with Crippen LogP contribution in [0.15, 0.2) is 30.3 Å². The molecule has 148 valence electrons. The van der Waals surface area contributed by atoms with Crippen molar-refractivity contribution < 1.29 is 23.1 Å². The van der Waals surface area contributed by atoms with Crippen LogP contribution in [-0.4, -0.2) is 59.9 Å². The zero-order valence-electron chi connectivity index (χ0n) is 15.2. The van der Waals surface area contributed by atoms with E-state index in [1.807, 2.05) is 4.90 Å². The van der Waals surface area contributed by atoms with Gasteiger partial charge in [0.25, 0.3) is 5.91 Å². The number of rotatable bonds is 4. The molecule has 0 saturated carbocycles. The largest absolute Gasteiger partial charge is 0.450 e. The predicted molar refractivity (Wildman–Crippen MR) is 97.2 cm³/mol. The average Bonchev–Trinajstić information content (AvgIpc) is 2.71. The molecule has 0 unspecified atom stereocenters. The summed E-state index contributed by atoms with van der Waals surface area (Å²) in [5, 5.41) is 10.0. The minimum Gasteiger partial charge on any atom is -0.450 e. The summed E-state index contributed by atoms with van der Waals surface area (Å²) in [5.74, 6) is -1.98. The SMILES string of the molecule is CCOC(=O)N1CCN(c2ccc(C(=O)Nc3c(F)cccc3F)nn2)CC1. The molecule has 0 atom stereocenters. The lowest BCUT2D eigenvalue weighted by Gasteiger charge is -2.34. The van der Waals surface area contributed by atoms with Crippen molar-refractivity contribution in [3.8, 4) is 0 Å². The van der Waals surface area contributed by atoms with Crippen LogP contribution < -0.4 is 10.2 Å². The number of nitrogens with zero attached hydrogens (tertiary/aromatic N) is 4. The first-order valence-electron chi connectivity index (χ1n) is 8.75. The zero-order valence-corrected chi connectivity index (χ0v) is 15.2. The van der Waals surface area contributed by atoms with Gasteiger partial charge in [0.1, 0.15) is 17.3 Å². The molecule has 1 saturated heterocycles. The molecule has 0 spiro atoms. The van der Waals surface area contributed by atoms with E-state index in [1.165, 1.54) is 12.1 Å². The van der Waals surface area contributed by atoms with E-state index < -0.39 is 23.2 Å². The van der Waals surface area contributed by atoms with Crippen LogP contribution in [0.3, 0.4) is 0 Å². The minimum absolute atomic E-state index is 0.0726. The van der Waals surface area contributed by atoms with E-state index in [9.17, 15) is 18.4 Å². The number of hydrogen-bond acceptors (Lipinski definition) is 6. The molecule has 2 amide bonds. The fourth-order valence-electron chi connectivity index (χ4n) is 2.74. The van der Waals surface area contributed by atoms with E-state index in [-0.39, 0.29) is 11.8 Å². The van der Waals surface area contributed by atoms with Crippen LogP contribution in [0.5, 0.6) is 0 Å². The summed E-state index contributed by atoms with van der Waals surface area (Å²) in [6.07, 6.45) is -0.347. The number of anilines is 2. The van der Waals surface area contributed by atoms with Crippen LogP contribution in [0.25, 0.3) is 0 Å². The number of halogens is 2. The number of aromatic nitrogens is 2. The summed E-state index contributed by atoms with van der Waals surface area (Å²) in [6.45, 7) is 4.12. The first-order chi connectivity index (χ1) is 13.5. The van der Waals surface area contributed by atoms with E-state index >= 15 is 0 Å². The van der Waals surface area contributed by atoms with Crippen LogP contribution in [0.4, 0.5) is 25.1 Å². The summed E-state index contributed by atoms with van der Waals surface area (Å²) < 4.78 is 32.2. The number of benzene rings is 1. The molecule has 1 fully saturated rings. The number of carbonyl (C=O) groups excluding carboxylic acids is 2. The lowest BCUT2D eigenvalue weighted by Crippen LogP contribution is -2.49. The summed E-state index contributed by atoms with van der Waals surface area (Å²) in [4.78, 5) is 27.4. The first kappa shape index (κ1) is 19.5. The van der Waals surface area contributed by atoms with Crippen LogP contribution in [0.1, 0.15) is 17.4 Å². The van der Waals surface area contributed by atoms with Crippen molar-refractivity contribution in [3.63, 3.8) is 0 Å². The number of amides is 2. The van der Waals surface area contributed by atoms with Gasteiger partial charge in [-0.25, -0.2) is 13.6 Å². The van der Waals surface area contributed by atoms with Gasteiger partial charge in [-0.1, -0.05) is 6.07 Å². The molecule has 1 aromatic heterocycles. The smallest absolute Gasteiger partial charge is 0.409 e. The van der Waals surface area contributed by atoms with Crippen LogP contribution >= 0.6 is 0 Å². The van der Waals surface area contributed by atoms with Crippen molar-refractivity contribution in [2.75, 3.05) is 43.0 Å². The molecule has 0 radical (unpaired) electrons. The van der Waals surface area contributed by atoms with Gasteiger partial charge in [-0.2, -0.15) is 0 Å². The second-order valence-electron chi connectivity index (χ2n) is 6.00. The van der Waals surface area contributed by atoms with Crippen molar-refractivity contribution >= 4 is 23.5 Å². The molecule has 1 aliphatic rings. The molecule has 10 heteroatoms. The zero-order chi connectivity index (χ0) is 20.1. The molecular weight excluding hydrogens is 372 g/mol. The Bertz CT molecular complexity index is 835. The van der Waals surface area contributed by atoms with Gasteiger partial charge in [0.05, 0.1) is 6.61 Å². The van der Waals surface area contributed by atoms with E-state index in [2.05, 4.69) is 15.5 Å². The molecule has 0 aliphatic carbocycles. The quantitative estimate of drug-likeness (QED) is 0.861. The standard InChI is InChI=1S/C18H19F2N5O3/c1-2-28-18(27)25-10-8-24(9-11-25)15-7-6-14(22-23-15)17(26)21-16-12(19)4-3-5-13(16)20/h3-7H,2,8-11H2,1H3,(H,21,26). The minimum atomic E-state index is -0.877. The molecular formula is C18H19F2N5O3. The Labute approximate surface area is 160 Å². The third-order valence-electron chi connectivity index (χ3n) is 4.21. The van der Waals surface area contributed by atoms with E-state index in [0.29, 0.717) is 38.6 Å². The second kappa shape index (κ2) is 8.59. The Balaban J connectivity index is 1.61. The van der Waals surface area contributed by atoms with Gasteiger partial charge in [-0.05, 0) is 31.2 Å². The maximum absolute atomic E-state index is 13.6. The van der Waals surface area contributed by atoms with E-state index in [1.54, 1.807) is 17.9 Å². The monoisotopic (exact) mass is 391 g/mol. The highest BCUT2D eigenvalue weighted by atomic mass is 19.1. The van der Waals surface area contributed by atoms with Gasteiger partial charge < -0.3 is 19.9 Å². The molecule has 3 rings (SSSR count). The van der Waals surface area contributed by atoms with Crippen LogP contribution in [-0.2, 0) is 4.74 Å². The van der Waals surface area contributed by atoms with Crippen molar-refractivity contribution in [1.82, 2.24) is 15.1 Å². The molecule has 2 heterocycles. The summed E-state index contributed by atoms with van der Waals surface area (Å²) in [6, 6.07) is 6.32. The number of hydrogen-bond donors (Lipinski definition) is 1. The molecule has 1 aliphatic heterocycles. The highest BCUT2D eigenvalue weighted by molar-refractivity contribution is 6.02. The van der Waals surface area contributed by atoms with Gasteiger partial charge in [-0.3, -0.25) is 4.79 Å². The van der Waals surface area contributed by atoms with Gasteiger partial charge in [-0.15, -0.1) is 10.2 Å². The summed E-state index contributed by atoms with van der Waals surface area (Å²) in [5.41, 5.74) is -0.606. The Hall–Kier alpha value is -3.30. The second-order valence-corrected chi connectivity index (χ2v) is 6.00. The Morgan fingerprint density at radius 1 is 1.07 bits per heavy atom. The molecule has 1 N–H and O–H groups in total. The third-order valence-corrected chi connectivity index (χ3v) is 4.21. The van der Waals surface area contributed by atoms with Crippen molar-refractivity contribution in [1.29, 1.82) is 0 Å². The van der Waals surface area contributed by atoms with Gasteiger partial charge in [0, 0.05) is 26.2 Å². The Morgan fingerprint density at radius 3 is 2.32 bits per heavy atom. The Kier molecular flexibility index (Phi) is 5.97. The fraction of sp³-hybridized carbons (Fsp3) is 0.333. The highest BCUT2D eigenvalue weighted by Crippen LogP contribution is 2.19. The van der Waals surface area contributed by atoms with Gasteiger partial charge in [0.2, 0.25) is 0 Å². The van der Waals surface area contributed by atoms with Crippen molar-refractivity contribution in [2.45, 2.75) is 6.92 Å². The van der Waals surface area contributed by atoms with E-state index in [0.717, 1.165) is 12.1 Å². The molecule has 1 aromatic carbocycles. The van der Waals surface area contributed by atoms with Crippen molar-refractivity contribution in [2.24, 2.45) is 0 Å². The predicted octanol–water partition coefficient (Wildman–Crippen LogP) is 2.29. The van der Waals surface area contributed by atoms with Crippen LogP contribution in [0, 0.1) is 11.6 Å². The molecule has 2 aromatic rings. The number of ether oxygens (including phenoxy) is 1.